The topological polar surface area (TPSA) is 79.8 Å². The zero-order valence-electron chi connectivity index (χ0n) is 17.7. The summed E-state index contributed by atoms with van der Waals surface area (Å²) in [6, 6.07) is 22.0. The first kappa shape index (κ1) is 22.6. The Hall–Kier alpha value is -3.55. The first-order valence-corrected chi connectivity index (χ1v) is 11.3. The minimum Gasteiger partial charge on any atom is -0.482 e. The second-order valence-corrected chi connectivity index (χ2v) is 8.65. The van der Waals surface area contributed by atoms with Crippen molar-refractivity contribution in [2.45, 2.75) is 6.92 Å². The lowest BCUT2D eigenvalue weighted by Crippen LogP contribution is -2.20. The van der Waals surface area contributed by atoms with Crippen LogP contribution in [-0.2, 0) is 9.59 Å². The first-order valence-electron chi connectivity index (χ1n) is 10.1. The number of carbonyl (C=O) groups excluding carboxylic acids is 2. The van der Waals surface area contributed by atoms with Crippen molar-refractivity contribution < 1.29 is 14.3 Å². The number of nitrogens with one attached hydrogen (secondary N) is 2. The Morgan fingerprint density at radius 2 is 1.88 bits per heavy atom. The molecule has 1 heterocycles. The summed E-state index contributed by atoms with van der Waals surface area (Å²) in [7, 11) is 0. The molecule has 1 aliphatic rings. The number of rotatable bonds is 6. The molecule has 0 aromatic heterocycles. The van der Waals surface area contributed by atoms with Crippen molar-refractivity contribution in [1.29, 1.82) is 0 Å². The molecule has 0 unspecified atom stereocenters. The highest BCUT2D eigenvalue weighted by molar-refractivity contribution is 8.18. The maximum absolute atomic E-state index is 12.3. The van der Waals surface area contributed by atoms with Gasteiger partial charge in [-0.3, -0.25) is 9.59 Å². The molecule has 33 heavy (non-hydrogen) atoms. The molecule has 3 aromatic carbocycles. The predicted octanol–water partition coefficient (Wildman–Crippen LogP) is 5.56. The summed E-state index contributed by atoms with van der Waals surface area (Å²) in [6.45, 7) is 1.83. The maximum atomic E-state index is 12.3. The summed E-state index contributed by atoms with van der Waals surface area (Å²) >= 11 is 7.59. The molecule has 0 aliphatic carbocycles. The molecule has 2 amide bonds. The van der Waals surface area contributed by atoms with Gasteiger partial charge in [0.1, 0.15) is 5.75 Å². The Labute approximate surface area is 200 Å². The number of nitrogens with zero attached hydrogens (tertiary/aromatic N) is 1. The molecule has 0 atom stereocenters. The number of hydrogen-bond donors (Lipinski definition) is 2. The van der Waals surface area contributed by atoms with Gasteiger partial charge in [0.2, 0.25) is 0 Å². The van der Waals surface area contributed by atoms with E-state index in [0.717, 1.165) is 16.8 Å². The van der Waals surface area contributed by atoms with Crippen molar-refractivity contribution in [3.05, 3.63) is 93.9 Å². The van der Waals surface area contributed by atoms with E-state index in [4.69, 9.17) is 16.3 Å². The van der Waals surface area contributed by atoms with Gasteiger partial charge in [-0.15, -0.1) is 0 Å². The lowest BCUT2D eigenvalue weighted by molar-refractivity contribution is -0.118. The van der Waals surface area contributed by atoms with Crippen molar-refractivity contribution in [3.63, 3.8) is 0 Å². The maximum Gasteiger partial charge on any atom is 0.264 e. The molecule has 0 radical (unpaired) electrons. The van der Waals surface area contributed by atoms with Gasteiger partial charge in [-0.2, -0.15) is 0 Å². The van der Waals surface area contributed by atoms with Gasteiger partial charge in [-0.1, -0.05) is 53.6 Å². The van der Waals surface area contributed by atoms with Gasteiger partial charge in [-0.25, -0.2) is 4.99 Å². The standard InChI is InChI=1S/C25H20ClN3O3S/c1-16-7-10-19(11-8-16)28-25-29-24(31)22(33-25)14-17-9-12-21(20(26)13-17)32-15-23(30)27-18-5-3-2-4-6-18/h2-14H,15H2,1H3,(H,27,30)(H,28,29,31)/b22-14+. The van der Waals surface area contributed by atoms with Crippen LogP contribution in [0, 0.1) is 6.92 Å². The van der Waals surface area contributed by atoms with Crippen LogP contribution in [0.15, 0.2) is 82.7 Å². The molecule has 3 aromatic rings. The van der Waals surface area contributed by atoms with E-state index < -0.39 is 0 Å². The Morgan fingerprint density at radius 3 is 2.61 bits per heavy atom. The Balaban J connectivity index is 1.38. The summed E-state index contributed by atoms with van der Waals surface area (Å²) in [5.41, 5.74) is 3.33. The van der Waals surface area contributed by atoms with Crippen molar-refractivity contribution in [2.24, 2.45) is 4.99 Å². The van der Waals surface area contributed by atoms with Gasteiger partial charge in [-0.05, 0) is 66.7 Å². The van der Waals surface area contributed by atoms with Gasteiger partial charge >= 0.3 is 0 Å². The van der Waals surface area contributed by atoms with Gasteiger partial charge in [0, 0.05) is 5.69 Å². The van der Waals surface area contributed by atoms with Gasteiger partial charge in [0.05, 0.1) is 15.6 Å². The van der Waals surface area contributed by atoms with Crippen LogP contribution in [0.25, 0.3) is 6.08 Å². The minimum absolute atomic E-state index is 0.174. The highest BCUT2D eigenvalue weighted by Crippen LogP contribution is 2.31. The van der Waals surface area contributed by atoms with E-state index >= 15 is 0 Å². The summed E-state index contributed by atoms with van der Waals surface area (Å²) in [5, 5.41) is 6.38. The molecule has 1 fully saturated rings. The number of ether oxygens (including phenoxy) is 1. The van der Waals surface area contributed by atoms with Crippen LogP contribution >= 0.6 is 23.4 Å². The highest BCUT2D eigenvalue weighted by atomic mass is 35.5. The average molecular weight is 478 g/mol. The van der Waals surface area contributed by atoms with E-state index in [-0.39, 0.29) is 18.4 Å². The lowest BCUT2D eigenvalue weighted by atomic mass is 10.2. The molecule has 2 N–H and O–H groups in total. The van der Waals surface area contributed by atoms with Crippen LogP contribution in [0.4, 0.5) is 11.4 Å². The molecule has 0 saturated carbocycles. The molecule has 0 spiro atoms. The number of aryl methyl sites for hydroxylation is 1. The van der Waals surface area contributed by atoms with Crippen molar-refractivity contribution >= 4 is 57.8 Å². The Morgan fingerprint density at radius 1 is 1.12 bits per heavy atom. The summed E-state index contributed by atoms with van der Waals surface area (Å²) in [4.78, 5) is 29.4. The number of aliphatic imine (C=N–C) groups is 1. The summed E-state index contributed by atoms with van der Waals surface area (Å²) in [5.74, 6) is -0.130. The summed E-state index contributed by atoms with van der Waals surface area (Å²) in [6.07, 6.45) is 1.73. The van der Waals surface area contributed by atoms with Crippen molar-refractivity contribution in [3.8, 4) is 5.75 Å². The number of hydrogen-bond acceptors (Lipinski definition) is 5. The zero-order chi connectivity index (χ0) is 23.2. The second kappa shape index (κ2) is 10.4. The van der Waals surface area contributed by atoms with E-state index in [1.54, 1.807) is 36.4 Å². The molecular weight excluding hydrogens is 458 g/mol. The van der Waals surface area contributed by atoms with E-state index in [1.165, 1.54) is 11.8 Å². The average Bonchev–Trinajstić information content (AvgIpc) is 3.14. The van der Waals surface area contributed by atoms with Crippen LogP contribution in [0.2, 0.25) is 5.02 Å². The number of carbonyl (C=O) groups is 2. The molecule has 1 aliphatic heterocycles. The third-order valence-electron chi connectivity index (χ3n) is 4.59. The number of benzene rings is 3. The quantitative estimate of drug-likeness (QED) is 0.456. The number of para-hydroxylation sites is 1. The van der Waals surface area contributed by atoms with E-state index in [0.29, 0.717) is 26.5 Å². The van der Waals surface area contributed by atoms with Gasteiger partial charge < -0.3 is 15.4 Å². The van der Waals surface area contributed by atoms with E-state index in [9.17, 15) is 9.59 Å². The molecule has 4 rings (SSSR count). The molecule has 8 heteroatoms. The zero-order valence-corrected chi connectivity index (χ0v) is 19.2. The van der Waals surface area contributed by atoms with Crippen LogP contribution in [0.3, 0.4) is 0 Å². The van der Waals surface area contributed by atoms with E-state index in [1.807, 2.05) is 49.4 Å². The fraction of sp³-hybridized carbons (Fsp3) is 0.0800. The number of thioether (sulfide) groups is 1. The van der Waals surface area contributed by atoms with Crippen LogP contribution in [0.1, 0.15) is 11.1 Å². The second-order valence-electron chi connectivity index (χ2n) is 7.21. The van der Waals surface area contributed by atoms with Crippen LogP contribution in [-0.4, -0.2) is 23.6 Å². The Bertz CT molecular complexity index is 1240. The van der Waals surface area contributed by atoms with Crippen molar-refractivity contribution in [2.75, 3.05) is 11.9 Å². The lowest BCUT2D eigenvalue weighted by Gasteiger charge is -2.09. The van der Waals surface area contributed by atoms with Gasteiger partial charge in [0.15, 0.2) is 11.8 Å². The largest absolute Gasteiger partial charge is 0.482 e. The van der Waals surface area contributed by atoms with Gasteiger partial charge in [0.25, 0.3) is 11.8 Å². The molecule has 6 nitrogen and oxygen atoms in total. The highest BCUT2D eigenvalue weighted by Gasteiger charge is 2.24. The van der Waals surface area contributed by atoms with Crippen LogP contribution in [0.5, 0.6) is 5.75 Å². The fourth-order valence-corrected chi connectivity index (χ4v) is 4.04. The fourth-order valence-electron chi connectivity index (χ4n) is 2.95. The molecule has 166 valence electrons. The number of halogens is 1. The molecule has 0 bridgehead atoms. The van der Waals surface area contributed by atoms with Crippen LogP contribution < -0.4 is 15.4 Å². The third kappa shape index (κ3) is 6.25. The minimum atomic E-state index is -0.289. The number of amidine groups is 1. The van der Waals surface area contributed by atoms with E-state index in [2.05, 4.69) is 15.6 Å². The monoisotopic (exact) mass is 477 g/mol. The Kier molecular flexibility index (Phi) is 7.12. The van der Waals surface area contributed by atoms with Crippen molar-refractivity contribution in [1.82, 2.24) is 5.32 Å². The SMILES string of the molecule is Cc1ccc(N=C2NC(=O)/C(=C\c3ccc(OCC(=O)Nc4ccccc4)c(Cl)c3)S2)cc1. The normalized spacial score (nSPS) is 15.5. The first-order chi connectivity index (χ1) is 16.0. The number of anilines is 1. The smallest absolute Gasteiger partial charge is 0.264 e. The summed E-state index contributed by atoms with van der Waals surface area (Å²) < 4.78 is 5.54. The number of amides is 2. The molecule has 1 saturated heterocycles. The third-order valence-corrected chi connectivity index (χ3v) is 5.79. The molecular formula is C25H20ClN3O3S. The predicted molar refractivity (Wildman–Crippen MR) is 134 cm³/mol.